The minimum Gasteiger partial charge on any atom is -0.508 e. The maximum absolute atomic E-state index is 10.7. The molecule has 0 aliphatic heterocycles. The largest absolute Gasteiger partial charge is 0.508 e. The smallest absolute Gasteiger partial charge is 0.313 e. The zero-order valence-corrected chi connectivity index (χ0v) is 12.7. The normalized spacial score (nSPS) is 10.8. The summed E-state index contributed by atoms with van der Waals surface area (Å²) in [5.74, 6) is -0.00195. The van der Waals surface area contributed by atoms with Gasteiger partial charge in [0, 0.05) is 12.1 Å². The van der Waals surface area contributed by atoms with E-state index in [1.807, 2.05) is 24.5 Å². The van der Waals surface area contributed by atoms with Crippen molar-refractivity contribution in [2.45, 2.75) is 32.0 Å². The summed E-state index contributed by atoms with van der Waals surface area (Å²) in [6.45, 7) is 4.57. The van der Waals surface area contributed by atoms with Crippen LogP contribution in [0.2, 0.25) is 0 Å². The van der Waals surface area contributed by atoms with E-state index in [1.165, 1.54) is 0 Å². The number of carbonyl (C=O) groups is 1. The Morgan fingerprint density at radius 1 is 1.38 bits per heavy atom. The Kier molecular flexibility index (Phi) is 4.85. The molecule has 7 heteroatoms. The van der Waals surface area contributed by atoms with Gasteiger partial charge in [-0.3, -0.25) is 4.79 Å². The average Bonchev–Trinajstić information content (AvgIpc) is 2.83. The fourth-order valence-electron chi connectivity index (χ4n) is 1.96. The van der Waals surface area contributed by atoms with Crippen molar-refractivity contribution >= 4 is 17.7 Å². The van der Waals surface area contributed by atoms with Crippen LogP contribution in [0.3, 0.4) is 0 Å². The molecule has 0 unspecified atom stereocenters. The summed E-state index contributed by atoms with van der Waals surface area (Å²) in [5.41, 5.74) is 1.62. The standard InChI is InChI=1S/C14H17N3O3S/c1-3-6-17-13(10-4-5-11(18)9(2)7-10)15-16-14(17)21-8-12(19)20/h4-5,7,18H,3,6,8H2,1-2H3,(H,19,20). The number of phenolic OH excluding ortho intramolecular Hbond substituents is 1. The maximum Gasteiger partial charge on any atom is 0.313 e. The molecule has 2 aromatic rings. The molecule has 0 amide bonds. The van der Waals surface area contributed by atoms with E-state index < -0.39 is 5.97 Å². The number of carboxylic acid groups (broad SMARTS) is 1. The second kappa shape index (κ2) is 6.62. The topological polar surface area (TPSA) is 88.2 Å². The number of carboxylic acids is 1. The first-order valence-electron chi connectivity index (χ1n) is 6.60. The lowest BCUT2D eigenvalue weighted by atomic mass is 10.1. The number of hydrogen-bond acceptors (Lipinski definition) is 5. The van der Waals surface area contributed by atoms with Gasteiger partial charge >= 0.3 is 5.97 Å². The summed E-state index contributed by atoms with van der Waals surface area (Å²) in [6.07, 6.45) is 0.892. The van der Waals surface area contributed by atoms with Gasteiger partial charge < -0.3 is 14.8 Å². The van der Waals surface area contributed by atoms with Crippen LogP contribution in [0.25, 0.3) is 11.4 Å². The first kappa shape index (κ1) is 15.4. The zero-order chi connectivity index (χ0) is 15.4. The summed E-state index contributed by atoms with van der Waals surface area (Å²) in [6, 6.07) is 5.25. The van der Waals surface area contributed by atoms with Crippen molar-refractivity contribution in [3.05, 3.63) is 23.8 Å². The Balaban J connectivity index is 2.38. The van der Waals surface area contributed by atoms with Crippen LogP contribution in [0.4, 0.5) is 0 Å². The van der Waals surface area contributed by atoms with Crippen molar-refractivity contribution in [3.8, 4) is 17.1 Å². The zero-order valence-electron chi connectivity index (χ0n) is 11.9. The minimum absolute atomic E-state index is 0.0452. The highest BCUT2D eigenvalue weighted by Crippen LogP contribution is 2.27. The number of aromatic nitrogens is 3. The van der Waals surface area contributed by atoms with Crippen LogP contribution in [0, 0.1) is 6.92 Å². The highest BCUT2D eigenvalue weighted by Gasteiger charge is 2.15. The van der Waals surface area contributed by atoms with Crippen molar-refractivity contribution in [1.82, 2.24) is 14.8 Å². The molecule has 0 aliphatic rings. The lowest BCUT2D eigenvalue weighted by Gasteiger charge is -2.09. The Hall–Kier alpha value is -2.02. The molecule has 1 aromatic carbocycles. The summed E-state index contributed by atoms with van der Waals surface area (Å²) < 4.78 is 1.92. The number of hydrogen-bond donors (Lipinski definition) is 2. The molecule has 6 nitrogen and oxygen atoms in total. The monoisotopic (exact) mass is 307 g/mol. The van der Waals surface area contributed by atoms with Crippen LogP contribution in [0.1, 0.15) is 18.9 Å². The molecule has 112 valence electrons. The van der Waals surface area contributed by atoms with E-state index in [9.17, 15) is 9.90 Å². The molecule has 0 saturated carbocycles. The molecule has 0 fully saturated rings. The summed E-state index contributed by atoms with van der Waals surface area (Å²) in [4.78, 5) is 10.7. The molecule has 0 radical (unpaired) electrons. The average molecular weight is 307 g/mol. The highest BCUT2D eigenvalue weighted by molar-refractivity contribution is 7.99. The predicted octanol–water partition coefficient (Wildman–Crippen LogP) is 2.55. The Morgan fingerprint density at radius 2 is 2.14 bits per heavy atom. The molecule has 2 N–H and O–H groups in total. The third kappa shape index (κ3) is 3.55. The van der Waals surface area contributed by atoms with E-state index in [0.29, 0.717) is 17.5 Å². The molecular weight excluding hydrogens is 290 g/mol. The van der Waals surface area contributed by atoms with Crippen molar-refractivity contribution in [2.24, 2.45) is 0 Å². The summed E-state index contributed by atoms with van der Waals surface area (Å²) in [7, 11) is 0. The van der Waals surface area contributed by atoms with E-state index in [1.54, 1.807) is 12.1 Å². The highest BCUT2D eigenvalue weighted by atomic mass is 32.2. The van der Waals surface area contributed by atoms with E-state index >= 15 is 0 Å². The molecular formula is C14H17N3O3S. The number of benzene rings is 1. The second-order valence-corrected chi connectivity index (χ2v) is 5.58. The molecule has 1 aromatic heterocycles. The fourth-order valence-corrected chi connectivity index (χ4v) is 2.64. The number of nitrogens with zero attached hydrogens (tertiary/aromatic N) is 3. The van der Waals surface area contributed by atoms with Gasteiger partial charge in [0.1, 0.15) is 5.75 Å². The van der Waals surface area contributed by atoms with Crippen LogP contribution in [-0.4, -0.2) is 36.7 Å². The van der Waals surface area contributed by atoms with Crippen LogP contribution in [0.15, 0.2) is 23.4 Å². The first-order valence-corrected chi connectivity index (χ1v) is 7.59. The molecule has 2 rings (SSSR count). The van der Waals surface area contributed by atoms with Crippen LogP contribution in [0.5, 0.6) is 5.75 Å². The molecule has 0 saturated heterocycles. The van der Waals surface area contributed by atoms with Gasteiger partial charge in [-0.25, -0.2) is 0 Å². The fraction of sp³-hybridized carbons (Fsp3) is 0.357. The van der Waals surface area contributed by atoms with E-state index in [-0.39, 0.29) is 11.5 Å². The van der Waals surface area contributed by atoms with Crippen LogP contribution >= 0.6 is 11.8 Å². The minimum atomic E-state index is -0.881. The molecule has 1 heterocycles. The third-order valence-corrected chi connectivity index (χ3v) is 3.90. The number of phenols is 1. The summed E-state index contributed by atoms with van der Waals surface area (Å²) in [5, 5.41) is 27.2. The molecule has 0 aliphatic carbocycles. The number of aliphatic carboxylic acids is 1. The number of thioether (sulfide) groups is 1. The second-order valence-electron chi connectivity index (χ2n) is 4.64. The molecule has 0 spiro atoms. The lowest BCUT2D eigenvalue weighted by molar-refractivity contribution is -0.133. The van der Waals surface area contributed by atoms with E-state index in [0.717, 1.165) is 29.3 Å². The number of rotatable bonds is 6. The Bertz CT molecular complexity index is 655. The molecule has 21 heavy (non-hydrogen) atoms. The quantitative estimate of drug-likeness (QED) is 0.797. The lowest BCUT2D eigenvalue weighted by Crippen LogP contribution is -2.04. The van der Waals surface area contributed by atoms with Gasteiger partial charge in [-0.05, 0) is 37.1 Å². The Morgan fingerprint density at radius 3 is 2.76 bits per heavy atom. The van der Waals surface area contributed by atoms with Gasteiger partial charge in [-0.1, -0.05) is 18.7 Å². The van der Waals surface area contributed by atoms with Crippen molar-refractivity contribution in [1.29, 1.82) is 0 Å². The van der Waals surface area contributed by atoms with Crippen molar-refractivity contribution < 1.29 is 15.0 Å². The maximum atomic E-state index is 10.7. The van der Waals surface area contributed by atoms with Gasteiger partial charge in [0.05, 0.1) is 5.75 Å². The third-order valence-electron chi connectivity index (χ3n) is 2.94. The van der Waals surface area contributed by atoms with Gasteiger partial charge in [0.2, 0.25) is 0 Å². The van der Waals surface area contributed by atoms with E-state index in [4.69, 9.17) is 5.11 Å². The van der Waals surface area contributed by atoms with Gasteiger partial charge in [0.25, 0.3) is 0 Å². The Labute approximate surface area is 126 Å². The SMILES string of the molecule is CCCn1c(SCC(=O)O)nnc1-c1ccc(O)c(C)c1. The van der Waals surface area contributed by atoms with E-state index in [2.05, 4.69) is 10.2 Å². The summed E-state index contributed by atoms with van der Waals surface area (Å²) >= 11 is 1.16. The number of aromatic hydroxyl groups is 1. The van der Waals surface area contributed by atoms with Crippen LogP contribution in [-0.2, 0) is 11.3 Å². The van der Waals surface area contributed by atoms with Gasteiger partial charge in [0.15, 0.2) is 11.0 Å². The molecule has 0 atom stereocenters. The first-order chi connectivity index (χ1) is 10.0. The van der Waals surface area contributed by atoms with Gasteiger partial charge in [-0.2, -0.15) is 0 Å². The number of aryl methyl sites for hydroxylation is 1. The van der Waals surface area contributed by atoms with Crippen LogP contribution < -0.4 is 0 Å². The van der Waals surface area contributed by atoms with Gasteiger partial charge in [-0.15, -0.1) is 10.2 Å². The van der Waals surface area contributed by atoms with Crippen molar-refractivity contribution in [2.75, 3.05) is 5.75 Å². The molecule has 0 bridgehead atoms. The van der Waals surface area contributed by atoms with Crippen molar-refractivity contribution in [3.63, 3.8) is 0 Å². The predicted molar refractivity (Wildman–Crippen MR) is 80.5 cm³/mol.